The smallest absolute Gasteiger partial charge is 0.0641 e. The van der Waals surface area contributed by atoms with E-state index in [1.165, 1.54) is 0 Å². The standard InChI is InChI=1S/C4H7N3O/c1-7(6-8)4-2-3-5/h2,4H2,1H3/i1D3. The van der Waals surface area contributed by atoms with Gasteiger partial charge in [-0.3, -0.25) is 5.01 Å². The topological polar surface area (TPSA) is 56.5 Å². The summed E-state index contributed by atoms with van der Waals surface area (Å²) in [5.74, 6) is 0. The van der Waals surface area contributed by atoms with Crippen molar-refractivity contribution in [2.45, 2.75) is 6.42 Å². The number of nitrogens with zero attached hydrogens (tertiary/aromatic N) is 3. The van der Waals surface area contributed by atoms with Crippen LogP contribution < -0.4 is 0 Å². The van der Waals surface area contributed by atoms with E-state index in [0.717, 1.165) is 0 Å². The zero-order chi connectivity index (χ0) is 8.91. The Morgan fingerprint density at radius 3 is 3.25 bits per heavy atom. The van der Waals surface area contributed by atoms with Gasteiger partial charge in [0, 0.05) is 11.1 Å². The maximum Gasteiger partial charge on any atom is 0.0641 e. The molecule has 0 aromatic rings. The number of nitroso groups, excluding NO2 is 1. The lowest BCUT2D eigenvalue weighted by molar-refractivity contribution is 0.358. The lowest BCUT2D eigenvalue weighted by Crippen LogP contribution is -2.10. The normalized spacial score (nSPS) is 14.6. The highest BCUT2D eigenvalue weighted by atomic mass is 16.3. The van der Waals surface area contributed by atoms with Gasteiger partial charge in [-0.25, -0.2) is 0 Å². The van der Waals surface area contributed by atoms with E-state index in [1.54, 1.807) is 6.07 Å². The Balaban J connectivity index is 3.98. The SMILES string of the molecule is [2H]C([2H])([2H])N(CCC#N)N=O. The molecule has 8 heavy (non-hydrogen) atoms. The average Bonchev–Trinajstić information content (AvgIpc) is 1.87. The Morgan fingerprint density at radius 1 is 2.12 bits per heavy atom. The van der Waals surface area contributed by atoms with Crippen molar-refractivity contribution in [1.29, 1.82) is 5.26 Å². The van der Waals surface area contributed by atoms with Gasteiger partial charge in [-0.2, -0.15) is 5.26 Å². The lowest BCUT2D eigenvalue weighted by Gasteiger charge is -2.01. The fourth-order valence-electron chi connectivity index (χ4n) is 0.197. The van der Waals surface area contributed by atoms with Gasteiger partial charge in [0.15, 0.2) is 0 Å². The molecule has 0 radical (unpaired) electrons. The van der Waals surface area contributed by atoms with E-state index in [-0.39, 0.29) is 13.0 Å². The molecule has 0 bridgehead atoms. The van der Waals surface area contributed by atoms with Crippen LogP contribution in [0.3, 0.4) is 0 Å². The van der Waals surface area contributed by atoms with Gasteiger partial charge in [0.05, 0.1) is 24.3 Å². The Morgan fingerprint density at radius 2 is 2.88 bits per heavy atom. The van der Waals surface area contributed by atoms with Gasteiger partial charge in [-0.15, -0.1) is 4.91 Å². The molecule has 0 aromatic heterocycles. The molecule has 0 aliphatic rings. The van der Waals surface area contributed by atoms with Crippen LogP contribution in [0.5, 0.6) is 0 Å². The Bertz CT molecular complexity index is 172. The molecule has 0 rings (SSSR count). The molecule has 0 aliphatic heterocycles. The second-order valence-electron chi connectivity index (χ2n) is 1.11. The largest absolute Gasteiger partial charge is 0.263 e. The molecule has 0 unspecified atom stereocenters. The average molecular weight is 116 g/mol. The monoisotopic (exact) mass is 116 g/mol. The number of hydrogen-bond donors (Lipinski definition) is 0. The van der Waals surface area contributed by atoms with Gasteiger partial charge in [0.1, 0.15) is 0 Å². The second-order valence-corrected chi connectivity index (χ2v) is 1.11. The van der Waals surface area contributed by atoms with Gasteiger partial charge in [0.25, 0.3) is 0 Å². The van der Waals surface area contributed by atoms with Crippen molar-refractivity contribution in [2.24, 2.45) is 5.29 Å². The summed E-state index contributed by atoms with van der Waals surface area (Å²) in [4.78, 5) is 9.86. The Labute approximate surface area is 51.9 Å². The number of hydrogen-bond acceptors (Lipinski definition) is 3. The first-order valence-corrected chi connectivity index (χ1v) is 2.00. The van der Waals surface area contributed by atoms with Crippen molar-refractivity contribution < 1.29 is 4.11 Å². The summed E-state index contributed by atoms with van der Waals surface area (Å²) in [6, 6.07) is 1.71. The molecule has 44 valence electrons. The van der Waals surface area contributed by atoms with Gasteiger partial charge >= 0.3 is 0 Å². The third-order valence-corrected chi connectivity index (χ3v) is 0.534. The molecule has 4 nitrogen and oxygen atoms in total. The molecule has 0 aromatic carbocycles. The van der Waals surface area contributed by atoms with Crippen LogP contribution in [0.2, 0.25) is 0 Å². The molecule has 0 spiro atoms. The van der Waals surface area contributed by atoms with Crippen LogP contribution in [0.1, 0.15) is 10.5 Å². The quantitative estimate of drug-likeness (QED) is 0.399. The zero-order valence-electron chi connectivity index (χ0n) is 7.16. The van der Waals surface area contributed by atoms with E-state index in [1.807, 2.05) is 0 Å². The van der Waals surface area contributed by atoms with Crippen LogP contribution in [0.4, 0.5) is 0 Å². The van der Waals surface area contributed by atoms with Crippen LogP contribution in [0.25, 0.3) is 0 Å². The van der Waals surface area contributed by atoms with Crippen molar-refractivity contribution in [1.82, 2.24) is 5.01 Å². The van der Waals surface area contributed by atoms with Crippen molar-refractivity contribution in [3.05, 3.63) is 4.91 Å². The van der Waals surface area contributed by atoms with Crippen LogP contribution >= 0.6 is 0 Å². The fourth-order valence-corrected chi connectivity index (χ4v) is 0.197. The maximum absolute atomic E-state index is 9.86. The second kappa shape index (κ2) is 4.06. The van der Waals surface area contributed by atoms with E-state index in [0.29, 0.717) is 5.01 Å². The first-order valence-electron chi connectivity index (χ1n) is 3.50. The third-order valence-electron chi connectivity index (χ3n) is 0.534. The first kappa shape index (κ1) is 3.02. The van der Waals surface area contributed by atoms with Gasteiger partial charge in [0.2, 0.25) is 0 Å². The number of rotatable bonds is 3. The summed E-state index contributed by atoms with van der Waals surface area (Å²) in [6.45, 7) is -2.69. The molecule has 0 amide bonds. The molecular formula is C4H7N3O. The van der Waals surface area contributed by atoms with Crippen molar-refractivity contribution in [2.75, 3.05) is 13.5 Å². The van der Waals surface area contributed by atoms with Gasteiger partial charge in [-0.1, -0.05) is 0 Å². The van der Waals surface area contributed by atoms with Crippen molar-refractivity contribution in [3.63, 3.8) is 0 Å². The summed E-state index contributed by atoms with van der Waals surface area (Å²) in [5.41, 5.74) is 0. The molecule has 0 aliphatic carbocycles. The van der Waals surface area contributed by atoms with Crippen LogP contribution in [-0.2, 0) is 0 Å². The fraction of sp³-hybridized carbons (Fsp3) is 0.750. The van der Waals surface area contributed by atoms with Gasteiger partial charge in [-0.05, 0) is 0 Å². The van der Waals surface area contributed by atoms with Crippen LogP contribution in [0, 0.1) is 16.2 Å². The van der Waals surface area contributed by atoms with E-state index in [4.69, 9.17) is 9.37 Å². The molecule has 0 atom stereocenters. The minimum atomic E-state index is -2.53. The van der Waals surface area contributed by atoms with Crippen molar-refractivity contribution in [3.8, 4) is 6.07 Å². The van der Waals surface area contributed by atoms with E-state index < -0.39 is 6.98 Å². The van der Waals surface area contributed by atoms with Crippen molar-refractivity contribution >= 4 is 0 Å². The summed E-state index contributed by atoms with van der Waals surface area (Å²) in [7, 11) is 0. The van der Waals surface area contributed by atoms with Crippen LogP contribution in [0.15, 0.2) is 5.29 Å². The highest BCUT2D eigenvalue weighted by Gasteiger charge is 1.89. The Hall–Kier alpha value is -1.11. The summed E-state index contributed by atoms with van der Waals surface area (Å²) < 4.78 is 20.2. The molecule has 0 N–H and O–H groups in total. The summed E-state index contributed by atoms with van der Waals surface area (Å²) in [6.07, 6.45) is -0.0237. The van der Waals surface area contributed by atoms with Gasteiger partial charge < -0.3 is 0 Å². The lowest BCUT2D eigenvalue weighted by atomic mass is 10.5. The van der Waals surface area contributed by atoms with E-state index in [2.05, 4.69) is 5.29 Å². The highest BCUT2D eigenvalue weighted by Crippen LogP contribution is 1.83. The summed E-state index contributed by atoms with van der Waals surface area (Å²) >= 11 is 0. The minimum absolute atomic E-state index is 0.0237. The Kier molecular flexibility index (Phi) is 1.53. The predicted octanol–water partition coefficient (Wildman–Crippen LogP) is 0.513. The van der Waals surface area contributed by atoms with Crippen LogP contribution in [-0.4, -0.2) is 18.5 Å². The minimum Gasteiger partial charge on any atom is -0.263 e. The summed E-state index contributed by atoms with van der Waals surface area (Å²) in [5, 5.41) is 10.7. The number of nitriles is 1. The molecule has 0 fully saturated rings. The third kappa shape index (κ3) is 3.09. The van der Waals surface area contributed by atoms with E-state index >= 15 is 0 Å². The molecule has 0 heterocycles. The highest BCUT2D eigenvalue weighted by molar-refractivity contribution is 4.69. The molecular weight excluding hydrogens is 106 g/mol. The van der Waals surface area contributed by atoms with E-state index in [9.17, 15) is 4.91 Å². The molecule has 0 saturated heterocycles. The maximum atomic E-state index is 9.86. The molecule has 4 heteroatoms. The first-order chi connectivity index (χ1) is 5.02. The molecule has 0 saturated carbocycles. The predicted molar refractivity (Wildman–Crippen MR) is 28.7 cm³/mol. The zero-order valence-corrected chi connectivity index (χ0v) is 4.16.